The highest BCUT2D eigenvalue weighted by Crippen LogP contribution is 2.34. The number of nitrogens with zero attached hydrogens (tertiary/aromatic N) is 1. The molecule has 2 heterocycles. The first-order valence-electron chi connectivity index (χ1n) is 14.3. The second-order valence-corrected chi connectivity index (χ2v) is 14.9. The molecular weight excluding hydrogens is 524 g/mol. The quantitative estimate of drug-likeness (QED) is 0.380. The van der Waals surface area contributed by atoms with Crippen LogP contribution in [0.25, 0.3) is 10.8 Å². The zero-order valence-corrected chi connectivity index (χ0v) is 24.5. The summed E-state index contributed by atoms with van der Waals surface area (Å²) in [5.74, 6) is 1.52. The number of carbonyl (C=O) groups is 1. The maximum Gasteiger partial charge on any atom is 0.270 e. The molecule has 1 amide bonds. The number of aliphatic hydroxyl groups is 1. The van der Waals surface area contributed by atoms with Crippen LogP contribution >= 0.6 is 0 Å². The van der Waals surface area contributed by atoms with E-state index >= 15 is 0 Å². The average Bonchev–Trinajstić information content (AvgIpc) is 3.43. The number of nitrogens with one attached hydrogen (secondary N) is 1. The van der Waals surface area contributed by atoms with E-state index in [1.165, 1.54) is 18.4 Å². The Morgan fingerprint density at radius 3 is 2.30 bits per heavy atom. The van der Waals surface area contributed by atoms with Gasteiger partial charge >= 0.3 is 0 Å². The lowest BCUT2D eigenvalue weighted by molar-refractivity contribution is 0.0809. The van der Waals surface area contributed by atoms with Crippen molar-refractivity contribution in [2.24, 2.45) is 5.92 Å². The van der Waals surface area contributed by atoms with Crippen molar-refractivity contribution in [2.45, 2.75) is 76.7 Å². The van der Waals surface area contributed by atoms with Crippen LogP contribution < -0.4 is 10.1 Å². The second kappa shape index (κ2) is 11.1. The normalized spacial score (nSPS) is 19.0. The summed E-state index contributed by atoms with van der Waals surface area (Å²) < 4.78 is 30.1. The number of sulfone groups is 1. The number of fused-ring (bicyclic) bond motifs is 1. The van der Waals surface area contributed by atoms with Crippen LogP contribution in [0.5, 0.6) is 11.5 Å². The number of amides is 1. The number of pyridine rings is 1. The van der Waals surface area contributed by atoms with E-state index in [9.17, 15) is 18.3 Å². The molecule has 3 aromatic rings. The molecule has 1 aliphatic carbocycles. The number of aliphatic hydroxyl groups excluding tert-OH is 1. The van der Waals surface area contributed by atoms with Crippen LogP contribution in [-0.2, 0) is 21.7 Å². The standard InChI is InChI=1S/C32H40N2O5S/c1-31(2,3)24-9-12-25(13-10-24)39-26-11-8-23-19-29(33-28(27(23)20-26)18-22-6-4-5-7-22)30(36)34-32(21-35)14-16-40(37,38)17-15-32/h8-13,19-20,22,35H,4-7,14-18,21H2,1-3H3,(H,34,36). The molecule has 1 saturated carbocycles. The van der Waals surface area contributed by atoms with Gasteiger partial charge in [0.1, 0.15) is 17.2 Å². The Kier molecular flexibility index (Phi) is 7.94. The highest BCUT2D eigenvalue weighted by atomic mass is 32.2. The fourth-order valence-corrected chi connectivity index (χ4v) is 7.44. The van der Waals surface area contributed by atoms with E-state index in [0.717, 1.165) is 41.5 Å². The van der Waals surface area contributed by atoms with Crippen LogP contribution in [0, 0.1) is 5.92 Å². The van der Waals surface area contributed by atoms with Crippen LogP contribution in [0.4, 0.5) is 0 Å². The lowest BCUT2D eigenvalue weighted by Crippen LogP contribution is -2.55. The summed E-state index contributed by atoms with van der Waals surface area (Å²) in [6.45, 7) is 6.24. The first-order chi connectivity index (χ1) is 19.0. The predicted octanol–water partition coefficient (Wildman–Crippen LogP) is 5.73. The van der Waals surface area contributed by atoms with Gasteiger partial charge in [0, 0.05) is 11.1 Å². The van der Waals surface area contributed by atoms with Gasteiger partial charge in [0.15, 0.2) is 9.84 Å². The Morgan fingerprint density at radius 1 is 1.02 bits per heavy atom. The van der Waals surface area contributed by atoms with Gasteiger partial charge in [-0.15, -0.1) is 0 Å². The predicted molar refractivity (Wildman–Crippen MR) is 158 cm³/mol. The topological polar surface area (TPSA) is 106 Å². The van der Waals surface area contributed by atoms with Crippen molar-refractivity contribution in [3.8, 4) is 11.5 Å². The summed E-state index contributed by atoms with van der Waals surface area (Å²) in [6, 6.07) is 15.8. The molecule has 0 spiro atoms. The molecule has 2 aromatic carbocycles. The van der Waals surface area contributed by atoms with Crippen molar-refractivity contribution >= 4 is 26.5 Å². The van der Waals surface area contributed by atoms with Crippen LogP contribution in [0.2, 0.25) is 0 Å². The first-order valence-corrected chi connectivity index (χ1v) is 16.1. The first kappa shape index (κ1) is 28.6. The molecule has 5 rings (SSSR count). The van der Waals surface area contributed by atoms with E-state index in [2.05, 4.69) is 38.2 Å². The molecule has 8 heteroatoms. The third kappa shape index (κ3) is 6.50. The van der Waals surface area contributed by atoms with E-state index in [1.54, 1.807) is 6.07 Å². The molecule has 214 valence electrons. The van der Waals surface area contributed by atoms with E-state index in [0.29, 0.717) is 11.7 Å². The third-order valence-electron chi connectivity index (χ3n) is 8.49. The Labute approximate surface area is 237 Å². The molecule has 0 bridgehead atoms. The highest BCUT2D eigenvalue weighted by molar-refractivity contribution is 7.91. The molecule has 0 unspecified atom stereocenters. The van der Waals surface area contributed by atoms with Crippen LogP contribution in [0.1, 0.15) is 81.0 Å². The van der Waals surface area contributed by atoms with Gasteiger partial charge in [-0.25, -0.2) is 13.4 Å². The van der Waals surface area contributed by atoms with Gasteiger partial charge in [-0.2, -0.15) is 0 Å². The summed E-state index contributed by atoms with van der Waals surface area (Å²) in [5.41, 5.74) is 1.51. The van der Waals surface area contributed by atoms with Crippen LogP contribution in [0.3, 0.4) is 0 Å². The molecule has 40 heavy (non-hydrogen) atoms. The van der Waals surface area contributed by atoms with Gasteiger partial charge < -0.3 is 15.2 Å². The molecule has 1 aliphatic heterocycles. The van der Waals surface area contributed by atoms with Gasteiger partial charge in [-0.05, 0) is 71.9 Å². The van der Waals surface area contributed by atoms with Gasteiger partial charge in [0.05, 0.1) is 23.7 Å². The fraction of sp³-hybridized carbons (Fsp3) is 0.500. The van der Waals surface area contributed by atoms with E-state index in [-0.39, 0.29) is 48.0 Å². The van der Waals surface area contributed by atoms with E-state index < -0.39 is 15.4 Å². The molecule has 1 saturated heterocycles. The minimum absolute atomic E-state index is 0.0480. The van der Waals surface area contributed by atoms with Gasteiger partial charge in [0.25, 0.3) is 5.91 Å². The highest BCUT2D eigenvalue weighted by Gasteiger charge is 2.38. The Bertz CT molecular complexity index is 1470. The van der Waals surface area contributed by atoms with Gasteiger partial charge in [0.2, 0.25) is 0 Å². The second-order valence-electron chi connectivity index (χ2n) is 12.6. The summed E-state index contributed by atoms with van der Waals surface area (Å²) in [7, 11) is -3.14. The Balaban J connectivity index is 1.43. The van der Waals surface area contributed by atoms with Crippen LogP contribution in [0.15, 0.2) is 48.5 Å². The SMILES string of the molecule is CC(C)(C)c1ccc(Oc2ccc3cc(C(=O)NC4(CO)CCS(=O)(=O)CC4)nc(CC4CCCC4)c3c2)cc1. The maximum atomic E-state index is 13.4. The maximum absolute atomic E-state index is 13.4. The number of benzene rings is 2. The molecule has 2 N–H and O–H groups in total. The van der Waals surface area contributed by atoms with Crippen molar-refractivity contribution < 1.29 is 23.1 Å². The summed E-state index contributed by atoms with van der Waals surface area (Å²) >= 11 is 0. The van der Waals surface area contributed by atoms with Crippen LogP contribution in [-0.4, -0.2) is 48.1 Å². The lowest BCUT2D eigenvalue weighted by Gasteiger charge is -2.36. The summed E-state index contributed by atoms with van der Waals surface area (Å²) in [6.07, 6.45) is 5.89. The zero-order chi connectivity index (χ0) is 28.5. The van der Waals surface area contributed by atoms with Crippen molar-refractivity contribution in [2.75, 3.05) is 18.1 Å². The monoisotopic (exact) mass is 564 g/mol. The minimum atomic E-state index is -3.14. The number of hydrogen-bond donors (Lipinski definition) is 2. The fourth-order valence-electron chi connectivity index (χ4n) is 5.84. The number of aromatic nitrogens is 1. The van der Waals surface area contributed by atoms with Crippen molar-refractivity contribution in [1.29, 1.82) is 0 Å². The van der Waals surface area contributed by atoms with Crippen molar-refractivity contribution in [3.05, 3.63) is 65.5 Å². The number of rotatable bonds is 7. The molecule has 7 nitrogen and oxygen atoms in total. The minimum Gasteiger partial charge on any atom is -0.457 e. The third-order valence-corrected chi connectivity index (χ3v) is 10.1. The van der Waals surface area contributed by atoms with Gasteiger partial charge in [-0.1, -0.05) is 64.7 Å². The molecule has 0 radical (unpaired) electrons. The molecule has 1 aromatic heterocycles. The summed E-state index contributed by atoms with van der Waals surface area (Å²) in [4.78, 5) is 18.3. The largest absolute Gasteiger partial charge is 0.457 e. The number of ether oxygens (including phenoxy) is 1. The van der Waals surface area contributed by atoms with E-state index in [1.807, 2.05) is 30.3 Å². The summed E-state index contributed by atoms with van der Waals surface area (Å²) in [5, 5.41) is 14.9. The molecule has 2 fully saturated rings. The van der Waals surface area contributed by atoms with E-state index in [4.69, 9.17) is 9.72 Å². The Hall–Kier alpha value is -2.97. The van der Waals surface area contributed by atoms with Gasteiger partial charge in [-0.3, -0.25) is 4.79 Å². The molecule has 2 aliphatic rings. The lowest BCUT2D eigenvalue weighted by atomic mass is 9.87. The number of carbonyl (C=O) groups excluding carboxylic acids is 1. The molecular formula is C32H40N2O5S. The van der Waals surface area contributed by atoms with Crippen molar-refractivity contribution in [3.63, 3.8) is 0 Å². The smallest absolute Gasteiger partial charge is 0.270 e. The molecule has 0 atom stereocenters. The van der Waals surface area contributed by atoms with Crippen molar-refractivity contribution in [1.82, 2.24) is 10.3 Å². The Morgan fingerprint density at radius 2 is 1.68 bits per heavy atom. The zero-order valence-electron chi connectivity index (χ0n) is 23.7. The number of hydrogen-bond acceptors (Lipinski definition) is 6. The average molecular weight is 565 g/mol.